The van der Waals surface area contributed by atoms with Gasteiger partial charge in [-0.1, -0.05) is 24.3 Å². The highest BCUT2D eigenvalue weighted by atomic mass is 16.6. The number of rotatable bonds is 5. The van der Waals surface area contributed by atoms with Crippen LogP contribution in [0, 0.1) is 17.0 Å². The molecule has 0 unspecified atom stereocenters. The van der Waals surface area contributed by atoms with Gasteiger partial charge in [0.2, 0.25) is 0 Å². The highest BCUT2D eigenvalue weighted by Gasteiger charge is 2.13. The van der Waals surface area contributed by atoms with Crippen molar-refractivity contribution in [2.75, 3.05) is 5.32 Å². The first-order chi connectivity index (χ1) is 14.5. The maximum atomic E-state index is 13.2. The average molecular weight is 399 g/mol. The lowest BCUT2D eigenvalue weighted by molar-refractivity contribution is -0.384. The van der Waals surface area contributed by atoms with Gasteiger partial charge in [-0.15, -0.1) is 0 Å². The molecule has 0 saturated carbocycles. The van der Waals surface area contributed by atoms with Crippen LogP contribution in [0.4, 0.5) is 22.9 Å². The summed E-state index contributed by atoms with van der Waals surface area (Å²) in [6.07, 6.45) is 3.09. The average Bonchev–Trinajstić information content (AvgIpc) is 2.75. The molecule has 2 aromatic carbocycles. The molecule has 0 bridgehead atoms. The number of fused-ring (bicyclic) bond motifs is 1. The van der Waals surface area contributed by atoms with Crippen molar-refractivity contribution in [3.05, 3.63) is 105 Å². The molecule has 8 heteroatoms. The number of benzene rings is 2. The zero-order valence-corrected chi connectivity index (χ0v) is 16.0. The van der Waals surface area contributed by atoms with Crippen LogP contribution < -0.4 is 10.9 Å². The number of nitro groups is 1. The summed E-state index contributed by atoms with van der Waals surface area (Å²) in [6, 6.07) is 18.9. The Morgan fingerprint density at radius 1 is 1.07 bits per heavy atom. The summed E-state index contributed by atoms with van der Waals surface area (Å²) in [5, 5.41) is 14.0. The Balaban J connectivity index is 1.82. The Labute approximate surface area is 171 Å². The Hall–Kier alpha value is -4.33. The van der Waals surface area contributed by atoms with Crippen LogP contribution in [-0.2, 0) is 0 Å². The fraction of sp³-hybridized carbons (Fsp3) is 0.0455. The van der Waals surface area contributed by atoms with Crippen LogP contribution >= 0.6 is 0 Å². The number of non-ortho nitro benzene ring substituents is 1. The number of hydrogen-bond donors (Lipinski definition) is 1. The molecule has 148 valence electrons. The minimum atomic E-state index is -0.475. The van der Waals surface area contributed by atoms with E-state index < -0.39 is 4.92 Å². The molecule has 0 aliphatic heterocycles. The highest BCUT2D eigenvalue weighted by molar-refractivity contribution is 5.89. The topological polar surface area (TPSA) is 102 Å². The van der Waals surface area contributed by atoms with E-state index in [0.717, 1.165) is 11.3 Å². The van der Waals surface area contributed by atoms with Gasteiger partial charge in [-0.25, -0.2) is 4.98 Å². The summed E-state index contributed by atoms with van der Waals surface area (Å²) in [5.74, 6) is 0.381. The molecule has 0 radical (unpaired) electrons. The van der Waals surface area contributed by atoms with Gasteiger partial charge in [0.05, 0.1) is 10.6 Å². The van der Waals surface area contributed by atoms with Gasteiger partial charge in [0.15, 0.2) is 0 Å². The Morgan fingerprint density at radius 2 is 1.80 bits per heavy atom. The molecule has 2 heterocycles. The first-order valence-corrected chi connectivity index (χ1v) is 9.15. The van der Waals surface area contributed by atoms with E-state index in [9.17, 15) is 14.9 Å². The van der Waals surface area contributed by atoms with Crippen molar-refractivity contribution in [3.63, 3.8) is 0 Å². The number of aliphatic imine (C=N–C) groups is 1. The minimum Gasteiger partial charge on any atom is -0.339 e. The summed E-state index contributed by atoms with van der Waals surface area (Å²) in [7, 11) is 0. The van der Waals surface area contributed by atoms with E-state index in [1.807, 2.05) is 43.3 Å². The molecule has 0 fully saturated rings. The lowest BCUT2D eigenvalue weighted by Crippen LogP contribution is -2.22. The van der Waals surface area contributed by atoms with Gasteiger partial charge in [-0.05, 0) is 42.8 Å². The van der Waals surface area contributed by atoms with Crippen molar-refractivity contribution in [2.45, 2.75) is 6.92 Å². The van der Waals surface area contributed by atoms with Crippen molar-refractivity contribution in [2.24, 2.45) is 4.99 Å². The fourth-order valence-corrected chi connectivity index (χ4v) is 2.98. The number of para-hydroxylation sites is 1. The Kier molecular flexibility index (Phi) is 5.04. The summed E-state index contributed by atoms with van der Waals surface area (Å²) in [6.45, 7) is 1.89. The van der Waals surface area contributed by atoms with Gasteiger partial charge in [0, 0.05) is 30.2 Å². The number of aryl methyl sites for hydroxylation is 1. The van der Waals surface area contributed by atoms with E-state index in [4.69, 9.17) is 0 Å². The fourth-order valence-electron chi connectivity index (χ4n) is 2.98. The number of pyridine rings is 1. The summed E-state index contributed by atoms with van der Waals surface area (Å²) >= 11 is 0. The molecule has 0 saturated heterocycles. The summed E-state index contributed by atoms with van der Waals surface area (Å²) in [4.78, 5) is 32.5. The molecular formula is C22H17N5O3. The number of nitrogens with one attached hydrogen (secondary N) is 1. The molecule has 30 heavy (non-hydrogen) atoms. The van der Waals surface area contributed by atoms with Gasteiger partial charge < -0.3 is 5.32 Å². The minimum absolute atomic E-state index is 0.0247. The van der Waals surface area contributed by atoms with Gasteiger partial charge >= 0.3 is 0 Å². The predicted molar refractivity (Wildman–Crippen MR) is 116 cm³/mol. The smallest absolute Gasteiger partial charge is 0.269 e. The number of nitro benzene ring substituents is 1. The molecule has 0 spiro atoms. The highest BCUT2D eigenvalue weighted by Crippen LogP contribution is 2.20. The zero-order valence-electron chi connectivity index (χ0n) is 16.0. The maximum Gasteiger partial charge on any atom is 0.269 e. The van der Waals surface area contributed by atoms with E-state index in [0.29, 0.717) is 17.2 Å². The molecular weight excluding hydrogens is 382 g/mol. The largest absolute Gasteiger partial charge is 0.339 e. The van der Waals surface area contributed by atoms with Gasteiger partial charge in [-0.2, -0.15) is 0 Å². The number of hydrogen-bond acceptors (Lipinski definition) is 6. The lowest BCUT2D eigenvalue weighted by Gasteiger charge is -2.11. The molecule has 0 aliphatic rings. The van der Waals surface area contributed by atoms with Gasteiger partial charge in [0.25, 0.3) is 11.2 Å². The van der Waals surface area contributed by atoms with E-state index in [1.165, 1.54) is 34.9 Å². The third-order valence-electron chi connectivity index (χ3n) is 4.52. The molecule has 1 N–H and O–H groups in total. The van der Waals surface area contributed by atoms with Gasteiger partial charge in [-0.3, -0.25) is 24.3 Å². The molecule has 0 aliphatic carbocycles. The van der Waals surface area contributed by atoms with Crippen LogP contribution in [0.25, 0.3) is 5.65 Å². The first-order valence-electron chi connectivity index (χ1n) is 9.15. The van der Waals surface area contributed by atoms with Crippen LogP contribution in [0.15, 0.2) is 82.7 Å². The second-order valence-electron chi connectivity index (χ2n) is 6.59. The van der Waals surface area contributed by atoms with E-state index >= 15 is 0 Å². The van der Waals surface area contributed by atoms with Crippen LogP contribution in [0.2, 0.25) is 0 Å². The Bertz CT molecular complexity index is 1310. The number of anilines is 2. The predicted octanol–water partition coefficient (Wildman–Crippen LogP) is 4.41. The molecule has 2 aromatic heterocycles. The summed E-state index contributed by atoms with van der Waals surface area (Å²) in [5.41, 5.74) is 2.67. The third kappa shape index (κ3) is 3.79. The van der Waals surface area contributed by atoms with E-state index in [-0.39, 0.29) is 16.8 Å². The quantitative estimate of drug-likeness (QED) is 0.304. The summed E-state index contributed by atoms with van der Waals surface area (Å²) < 4.78 is 1.47. The van der Waals surface area contributed by atoms with E-state index in [1.54, 1.807) is 12.3 Å². The molecule has 4 aromatic rings. The monoisotopic (exact) mass is 399 g/mol. The SMILES string of the molecule is Cc1cccn2c(=O)c(C=Nc3ccc([N+](=O)[O-])cc3)c(Nc3ccccc3)nc12. The van der Waals surface area contributed by atoms with Crippen molar-refractivity contribution >= 4 is 34.7 Å². The van der Waals surface area contributed by atoms with Gasteiger partial charge in [0.1, 0.15) is 17.0 Å². The second-order valence-corrected chi connectivity index (χ2v) is 6.59. The van der Waals surface area contributed by atoms with Crippen LogP contribution in [-0.4, -0.2) is 20.5 Å². The molecule has 4 rings (SSSR count). The van der Waals surface area contributed by atoms with Crippen molar-refractivity contribution in [1.29, 1.82) is 0 Å². The van der Waals surface area contributed by atoms with E-state index in [2.05, 4.69) is 15.3 Å². The maximum absolute atomic E-state index is 13.2. The zero-order chi connectivity index (χ0) is 21.1. The normalized spacial score (nSPS) is 11.1. The van der Waals surface area contributed by atoms with Crippen molar-refractivity contribution < 1.29 is 4.92 Å². The molecule has 8 nitrogen and oxygen atoms in total. The van der Waals surface area contributed by atoms with Crippen LogP contribution in [0.3, 0.4) is 0 Å². The third-order valence-corrected chi connectivity index (χ3v) is 4.52. The molecule has 0 atom stereocenters. The molecule has 0 amide bonds. The lowest BCUT2D eigenvalue weighted by atomic mass is 10.2. The first kappa shape index (κ1) is 19.0. The van der Waals surface area contributed by atoms with Crippen molar-refractivity contribution in [3.8, 4) is 0 Å². The van der Waals surface area contributed by atoms with Crippen LogP contribution in [0.5, 0.6) is 0 Å². The number of nitrogens with zero attached hydrogens (tertiary/aromatic N) is 4. The number of aromatic nitrogens is 2. The standard InChI is InChI=1S/C22H17N5O3/c1-15-6-5-13-26-21(15)25-20(24-17-7-3-2-4-8-17)19(22(26)28)14-23-16-9-11-18(12-10-16)27(29)30/h2-14,24H,1H3. The Morgan fingerprint density at radius 3 is 2.50 bits per heavy atom. The second kappa shape index (κ2) is 7.96. The van der Waals surface area contributed by atoms with Crippen molar-refractivity contribution in [1.82, 2.24) is 9.38 Å². The van der Waals surface area contributed by atoms with Crippen LogP contribution in [0.1, 0.15) is 11.1 Å².